The van der Waals surface area contributed by atoms with Gasteiger partial charge in [-0.25, -0.2) is 9.37 Å². The Morgan fingerprint density at radius 1 is 0.837 bits per heavy atom. The topological polar surface area (TPSA) is 73.7 Å². The van der Waals surface area contributed by atoms with Gasteiger partial charge in [-0.3, -0.25) is 4.98 Å². The second-order valence-corrected chi connectivity index (χ2v) is 8.82. The van der Waals surface area contributed by atoms with Crippen LogP contribution >= 0.6 is 0 Å². The molecule has 0 aliphatic heterocycles. The second kappa shape index (κ2) is 31.2. The van der Waals surface area contributed by atoms with Crippen molar-refractivity contribution in [3.8, 4) is 28.1 Å². The third-order valence-electron chi connectivity index (χ3n) is 5.09. The zero-order valence-electron chi connectivity index (χ0n) is 26.4. The van der Waals surface area contributed by atoms with Crippen molar-refractivity contribution in [3.05, 3.63) is 93.8 Å². The first-order valence-corrected chi connectivity index (χ1v) is 14.0. The molecule has 0 spiro atoms. The quantitative estimate of drug-likeness (QED) is 0.150. The van der Waals surface area contributed by atoms with Crippen molar-refractivity contribution in [3.63, 3.8) is 0 Å². The van der Waals surface area contributed by atoms with Crippen molar-refractivity contribution in [1.82, 2.24) is 9.97 Å². The predicted octanol–water partition coefficient (Wildman–Crippen LogP) is 7.54. The number of rotatable bonds is 12. The largest absolute Gasteiger partial charge is 2.00 e. The molecule has 0 unspecified atom stereocenters. The molecule has 43 heavy (non-hydrogen) atoms. The SMILES string of the molecule is CC(C)F.[CH2-]CCOC[CH2-].[CH2-]CCOc1ccc(-c2ccc(-c3cnccc3C)c(CC)c2)cn1.[CH2-]COCCO.[U+2].[U+2]. The zero-order valence-corrected chi connectivity index (χ0v) is 34.7. The third-order valence-corrected chi connectivity index (χ3v) is 5.09. The van der Waals surface area contributed by atoms with Crippen molar-refractivity contribution in [1.29, 1.82) is 0 Å². The summed E-state index contributed by atoms with van der Waals surface area (Å²) in [5.41, 5.74) is 7.25. The maximum atomic E-state index is 11.0. The van der Waals surface area contributed by atoms with Crippen LogP contribution in [-0.2, 0) is 15.9 Å². The summed E-state index contributed by atoms with van der Waals surface area (Å²) in [7, 11) is 0. The van der Waals surface area contributed by atoms with E-state index in [1.807, 2.05) is 24.7 Å². The smallest absolute Gasteiger partial charge is 0.480 e. The first-order valence-electron chi connectivity index (χ1n) is 14.0. The molecule has 0 amide bonds. The Balaban J connectivity index is -0.000000739. The fourth-order valence-corrected chi connectivity index (χ4v) is 3.26. The standard InChI is InChI=1S/C22H23N2O.C5H10O.C4H9O2.C3H7F.2U/c1-4-12-25-22-9-7-19(14-24-22)18-6-8-20(17(5-2)13-18)21-15-23-11-10-16(21)3;1-3-5-6-4-2;1-2-6-4-3-5;1-3(2)4;;/h6-11,13-15H,1,4-5,12H2,2-3H3;1-5H2;5H,1-4H2;3H,1-2H3;;/q-1;-2;-1;;2*+2. The molecule has 0 atom stereocenters. The van der Waals surface area contributed by atoms with E-state index in [0.29, 0.717) is 32.3 Å². The van der Waals surface area contributed by atoms with Gasteiger partial charge in [-0.2, -0.15) is 6.42 Å². The Labute approximate surface area is 308 Å². The summed E-state index contributed by atoms with van der Waals surface area (Å²) in [5.74, 6) is 0.644. The Morgan fingerprint density at radius 2 is 1.44 bits per heavy atom. The Morgan fingerprint density at radius 3 is 1.88 bits per heavy atom. The fraction of sp³-hybridized carbons (Fsp3) is 0.412. The van der Waals surface area contributed by atoms with E-state index in [4.69, 9.17) is 14.6 Å². The number of hydrogen-bond acceptors (Lipinski definition) is 6. The van der Waals surface area contributed by atoms with E-state index in [9.17, 15) is 4.39 Å². The normalized spacial score (nSPS) is 9.56. The number of hydrogen-bond donors (Lipinski definition) is 1. The fourth-order valence-electron chi connectivity index (χ4n) is 3.26. The van der Waals surface area contributed by atoms with Gasteiger partial charge < -0.3 is 47.0 Å². The van der Waals surface area contributed by atoms with Crippen LogP contribution in [0.2, 0.25) is 0 Å². The van der Waals surface area contributed by atoms with Gasteiger partial charge in [-0.1, -0.05) is 38.3 Å². The van der Waals surface area contributed by atoms with Crippen LogP contribution < -0.4 is 4.74 Å². The number of halogens is 1. The molecule has 0 aliphatic carbocycles. The number of ether oxygens (including phenoxy) is 3. The van der Waals surface area contributed by atoms with Crippen LogP contribution in [0.5, 0.6) is 5.88 Å². The maximum Gasteiger partial charge on any atom is 2.00 e. The van der Waals surface area contributed by atoms with Gasteiger partial charge in [0.2, 0.25) is 5.88 Å². The molecule has 0 saturated carbocycles. The van der Waals surface area contributed by atoms with Gasteiger partial charge in [0.15, 0.2) is 0 Å². The van der Waals surface area contributed by atoms with Crippen molar-refractivity contribution in [2.45, 2.75) is 53.1 Å². The van der Waals surface area contributed by atoms with Gasteiger partial charge in [0, 0.05) is 42.4 Å². The van der Waals surface area contributed by atoms with Crippen LogP contribution in [-0.4, -0.2) is 60.9 Å². The Hall–Kier alpha value is -0.766. The minimum Gasteiger partial charge on any atom is -0.480 e. The molecule has 1 N–H and O–H groups in total. The van der Waals surface area contributed by atoms with Crippen LogP contribution in [0.25, 0.3) is 22.3 Å². The average Bonchev–Trinajstić information content (AvgIpc) is 2.98. The molecular weight excluding hydrogens is 995 g/mol. The average molecular weight is 1040 g/mol. The van der Waals surface area contributed by atoms with Gasteiger partial charge >= 0.3 is 62.2 Å². The molecule has 6 nitrogen and oxygen atoms in total. The van der Waals surface area contributed by atoms with Crippen LogP contribution in [0.4, 0.5) is 4.39 Å². The van der Waals surface area contributed by atoms with Crippen molar-refractivity contribution < 1.29 is 85.9 Å². The molecule has 9 heteroatoms. The van der Waals surface area contributed by atoms with Crippen molar-refractivity contribution >= 4 is 0 Å². The molecule has 2 aromatic heterocycles. The monoisotopic (exact) mass is 1040 g/mol. The summed E-state index contributed by atoms with van der Waals surface area (Å²) >= 11 is 0. The summed E-state index contributed by atoms with van der Waals surface area (Å²) in [5, 5.41) is 8.04. The van der Waals surface area contributed by atoms with Gasteiger partial charge in [-0.15, -0.1) is 6.42 Å². The molecular formula is C34H49FN2O4U2. The van der Waals surface area contributed by atoms with E-state index in [1.54, 1.807) is 0 Å². The Kier molecular flexibility index (Phi) is 33.9. The number of aliphatic hydroxyl groups is 1. The van der Waals surface area contributed by atoms with E-state index in [-0.39, 0.29) is 68.8 Å². The number of nitrogens with zero attached hydrogens (tertiary/aromatic N) is 2. The molecule has 0 fully saturated rings. The summed E-state index contributed by atoms with van der Waals surface area (Å²) in [6, 6.07) is 12.6. The number of pyridine rings is 2. The van der Waals surface area contributed by atoms with Crippen LogP contribution in [0.3, 0.4) is 0 Å². The molecule has 2 heterocycles. The van der Waals surface area contributed by atoms with E-state index < -0.39 is 6.17 Å². The molecule has 0 aliphatic rings. The van der Waals surface area contributed by atoms with Crippen LogP contribution in [0.15, 0.2) is 55.0 Å². The third kappa shape index (κ3) is 22.4. The first-order chi connectivity index (χ1) is 19.8. The molecule has 0 bridgehead atoms. The minimum atomic E-state index is -0.667. The van der Waals surface area contributed by atoms with Crippen LogP contribution in [0, 0.1) is 96.8 Å². The molecule has 3 rings (SSSR count). The number of alkyl halides is 1. The summed E-state index contributed by atoms with van der Waals surface area (Å²) in [6.07, 6.45) is 7.52. The van der Waals surface area contributed by atoms with E-state index in [2.05, 4.69) is 86.6 Å². The zero-order chi connectivity index (χ0) is 30.9. The molecule has 0 saturated heterocycles. The van der Waals surface area contributed by atoms with E-state index in [0.717, 1.165) is 31.4 Å². The van der Waals surface area contributed by atoms with Gasteiger partial charge in [0.05, 0.1) is 26.0 Å². The van der Waals surface area contributed by atoms with E-state index >= 15 is 0 Å². The number of aryl methyl sites for hydroxylation is 2. The number of aromatic nitrogens is 2. The van der Waals surface area contributed by atoms with Crippen molar-refractivity contribution in [2.75, 3.05) is 39.6 Å². The van der Waals surface area contributed by atoms with Gasteiger partial charge in [-0.05, 0) is 61.6 Å². The number of aliphatic hydroxyl groups excluding tert-OH is 1. The first kappa shape index (κ1) is 46.6. The van der Waals surface area contributed by atoms with Gasteiger partial charge in [0.1, 0.15) is 0 Å². The second-order valence-electron chi connectivity index (χ2n) is 8.82. The Bertz CT molecular complexity index is 1020. The van der Waals surface area contributed by atoms with Crippen LogP contribution in [0.1, 0.15) is 44.7 Å². The number of benzene rings is 1. The van der Waals surface area contributed by atoms with E-state index in [1.165, 1.54) is 41.7 Å². The summed E-state index contributed by atoms with van der Waals surface area (Å²) in [4.78, 5) is 8.67. The maximum absolute atomic E-state index is 11.0. The molecule has 0 radical (unpaired) electrons. The van der Waals surface area contributed by atoms with Gasteiger partial charge in [0.25, 0.3) is 0 Å². The molecule has 3 aromatic rings. The molecule has 1 aromatic carbocycles. The molecule has 234 valence electrons. The summed E-state index contributed by atoms with van der Waals surface area (Å²) < 4.78 is 25.9. The predicted molar refractivity (Wildman–Crippen MR) is 168 cm³/mol. The summed E-state index contributed by atoms with van der Waals surface area (Å²) in [6.45, 7) is 24.3. The minimum absolute atomic E-state index is 0. The van der Waals surface area contributed by atoms with Crippen molar-refractivity contribution in [2.24, 2.45) is 0 Å².